The molecule has 18 heavy (non-hydrogen) atoms. The minimum atomic E-state index is 0.111. The second-order valence-electron chi connectivity index (χ2n) is 5.03. The molecule has 3 heteroatoms. The van der Waals surface area contributed by atoms with Crippen LogP contribution in [0, 0.1) is 6.92 Å². The third-order valence-corrected chi connectivity index (χ3v) is 5.41. The molecule has 0 bridgehead atoms. The maximum absolute atomic E-state index is 5.72. The first-order valence-corrected chi connectivity index (χ1v) is 8.59. The first-order chi connectivity index (χ1) is 8.55. The molecule has 1 nitrogen and oxygen atoms in total. The Labute approximate surface area is 128 Å². The van der Waals surface area contributed by atoms with Crippen molar-refractivity contribution in [2.75, 3.05) is 17.3 Å². The van der Waals surface area contributed by atoms with Gasteiger partial charge < -0.3 is 4.74 Å². The summed E-state index contributed by atoms with van der Waals surface area (Å²) in [7, 11) is 0. The number of hydrogen-bond acceptors (Lipinski definition) is 1. The van der Waals surface area contributed by atoms with Crippen molar-refractivity contribution in [3.63, 3.8) is 0 Å². The van der Waals surface area contributed by atoms with E-state index in [0.29, 0.717) is 6.10 Å². The molecule has 0 aliphatic carbocycles. The van der Waals surface area contributed by atoms with Gasteiger partial charge in [-0.1, -0.05) is 56.1 Å². The van der Waals surface area contributed by atoms with Crippen LogP contribution >= 0.6 is 31.9 Å². The summed E-state index contributed by atoms with van der Waals surface area (Å²) in [5.41, 5.74) is 2.87. The van der Waals surface area contributed by atoms with Crippen LogP contribution in [-0.4, -0.2) is 23.4 Å². The zero-order valence-electron chi connectivity index (χ0n) is 11.4. The molecule has 0 amide bonds. The number of ether oxygens (including phenoxy) is 1. The fourth-order valence-corrected chi connectivity index (χ4v) is 4.20. The van der Waals surface area contributed by atoms with Crippen molar-refractivity contribution in [2.45, 2.75) is 38.7 Å². The van der Waals surface area contributed by atoms with Crippen LogP contribution in [0.15, 0.2) is 24.3 Å². The molecule has 0 N–H and O–H groups in total. The van der Waals surface area contributed by atoms with E-state index in [1.807, 2.05) is 0 Å². The van der Waals surface area contributed by atoms with E-state index < -0.39 is 0 Å². The monoisotopic (exact) mass is 376 g/mol. The Morgan fingerprint density at radius 2 is 1.78 bits per heavy atom. The van der Waals surface area contributed by atoms with E-state index in [1.54, 1.807) is 0 Å². The molecule has 102 valence electrons. The van der Waals surface area contributed by atoms with E-state index >= 15 is 0 Å². The van der Waals surface area contributed by atoms with Gasteiger partial charge in [0.25, 0.3) is 0 Å². The van der Waals surface area contributed by atoms with Crippen LogP contribution < -0.4 is 0 Å². The van der Waals surface area contributed by atoms with Gasteiger partial charge in [-0.2, -0.15) is 0 Å². The van der Waals surface area contributed by atoms with Crippen molar-refractivity contribution in [3.8, 4) is 0 Å². The maximum Gasteiger partial charge on any atom is 0.0518 e. The Kier molecular flexibility index (Phi) is 6.89. The normalized spacial score (nSPS) is 12.1. The highest BCUT2D eigenvalue weighted by Crippen LogP contribution is 2.34. The lowest BCUT2D eigenvalue weighted by Crippen LogP contribution is -2.33. The summed E-state index contributed by atoms with van der Waals surface area (Å²) in [6.45, 7) is 7.14. The minimum absolute atomic E-state index is 0.111. The Morgan fingerprint density at radius 1 is 1.17 bits per heavy atom. The highest BCUT2D eigenvalue weighted by atomic mass is 79.9. The molecule has 0 atom stereocenters. The van der Waals surface area contributed by atoms with Gasteiger partial charge in [-0.15, -0.1) is 0 Å². The largest absolute Gasteiger partial charge is 0.379 e. The van der Waals surface area contributed by atoms with Crippen LogP contribution in [0.5, 0.6) is 0 Å². The van der Waals surface area contributed by atoms with Crippen molar-refractivity contribution in [1.29, 1.82) is 0 Å². The van der Waals surface area contributed by atoms with Crippen molar-refractivity contribution in [3.05, 3.63) is 35.4 Å². The molecule has 1 rings (SSSR count). The van der Waals surface area contributed by atoms with Crippen LogP contribution in [0.4, 0.5) is 0 Å². The smallest absolute Gasteiger partial charge is 0.0518 e. The van der Waals surface area contributed by atoms with Gasteiger partial charge in [-0.3, -0.25) is 0 Å². The van der Waals surface area contributed by atoms with Crippen LogP contribution in [-0.2, 0) is 10.2 Å². The summed E-state index contributed by atoms with van der Waals surface area (Å²) < 4.78 is 5.72. The zero-order chi connectivity index (χ0) is 13.6. The number of halogens is 2. The molecule has 0 radical (unpaired) electrons. The van der Waals surface area contributed by atoms with E-state index in [0.717, 1.165) is 23.7 Å². The maximum atomic E-state index is 5.72. The molecular weight excluding hydrogens is 356 g/mol. The highest BCUT2D eigenvalue weighted by Gasteiger charge is 2.31. The van der Waals surface area contributed by atoms with E-state index in [9.17, 15) is 0 Å². The van der Waals surface area contributed by atoms with Gasteiger partial charge in [0.2, 0.25) is 0 Å². The Morgan fingerprint density at radius 3 is 2.28 bits per heavy atom. The molecule has 1 aromatic rings. The Bertz CT molecular complexity index is 359. The number of rotatable bonds is 7. The molecule has 0 aromatic heterocycles. The molecule has 0 aliphatic heterocycles. The van der Waals surface area contributed by atoms with Crippen LogP contribution in [0.3, 0.4) is 0 Å². The second kappa shape index (κ2) is 7.66. The fourth-order valence-electron chi connectivity index (χ4n) is 2.11. The molecule has 1 aromatic carbocycles. The molecule has 0 heterocycles. The quantitative estimate of drug-likeness (QED) is 0.618. The molecule has 0 aliphatic rings. The standard InChI is InChI=1S/C15H22Br2O/c1-12(2)18-9-8-15(10-16,11-17)14-7-5-4-6-13(14)3/h4-7,12H,8-11H2,1-3H3. The van der Waals surface area contributed by atoms with Crippen molar-refractivity contribution in [1.82, 2.24) is 0 Å². The van der Waals surface area contributed by atoms with Gasteiger partial charge in [-0.25, -0.2) is 0 Å². The van der Waals surface area contributed by atoms with Gasteiger partial charge in [0.1, 0.15) is 0 Å². The van der Waals surface area contributed by atoms with Crippen molar-refractivity contribution >= 4 is 31.9 Å². The second-order valence-corrected chi connectivity index (χ2v) is 6.15. The predicted molar refractivity (Wildman–Crippen MR) is 86.2 cm³/mol. The number of aryl methyl sites for hydroxylation is 1. The van der Waals surface area contributed by atoms with Gasteiger partial charge in [0, 0.05) is 22.7 Å². The summed E-state index contributed by atoms with van der Waals surface area (Å²) in [4.78, 5) is 0. The lowest BCUT2D eigenvalue weighted by Gasteiger charge is -2.32. The van der Waals surface area contributed by atoms with Crippen molar-refractivity contribution in [2.24, 2.45) is 0 Å². The fraction of sp³-hybridized carbons (Fsp3) is 0.600. The van der Waals surface area contributed by atoms with Crippen LogP contribution in [0.2, 0.25) is 0 Å². The lowest BCUT2D eigenvalue weighted by molar-refractivity contribution is 0.0681. The average Bonchev–Trinajstić information content (AvgIpc) is 2.36. The highest BCUT2D eigenvalue weighted by molar-refractivity contribution is 9.09. The minimum Gasteiger partial charge on any atom is -0.379 e. The summed E-state index contributed by atoms with van der Waals surface area (Å²) in [5, 5.41) is 1.88. The summed E-state index contributed by atoms with van der Waals surface area (Å²) in [6, 6.07) is 8.62. The number of hydrogen-bond donors (Lipinski definition) is 0. The molecular formula is C15H22Br2O. The van der Waals surface area contributed by atoms with Gasteiger partial charge >= 0.3 is 0 Å². The average molecular weight is 378 g/mol. The molecule has 0 saturated heterocycles. The predicted octanol–water partition coefficient (Wildman–Crippen LogP) is 4.84. The molecule has 0 saturated carbocycles. The summed E-state index contributed by atoms with van der Waals surface area (Å²) in [6.07, 6.45) is 1.32. The van der Waals surface area contributed by atoms with Gasteiger partial charge in [0.05, 0.1) is 6.10 Å². The number of benzene rings is 1. The zero-order valence-corrected chi connectivity index (χ0v) is 14.6. The third-order valence-electron chi connectivity index (χ3n) is 3.26. The molecule has 0 fully saturated rings. The van der Waals surface area contributed by atoms with Crippen LogP contribution in [0.25, 0.3) is 0 Å². The van der Waals surface area contributed by atoms with E-state index in [4.69, 9.17) is 4.74 Å². The Hall–Kier alpha value is 0.140. The third kappa shape index (κ3) is 4.07. The molecule has 0 unspecified atom stereocenters. The first-order valence-electron chi connectivity index (χ1n) is 6.35. The van der Waals surface area contributed by atoms with Gasteiger partial charge in [-0.05, 0) is 38.3 Å². The van der Waals surface area contributed by atoms with Crippen molar-refractivity contribution < 1.29 is 4.74 Å². The molecule has 0 spiro atoms. The summed E-state index contributed by atoms with van der Waals surface area (Å²) >= 11 is 7.37. The lowest BCUT2D eigenvalue weighted by atomic mass is 9.79. The topological polar surface area (TPSA) is 9.23 Å². The van der Waals surface area contributed by atoms with E-state index in [1.165, 1.54) is 11.1 Å². The first kappa shape index (κ1) is 16.2. The SMILES string of the molecule is Cc1ccccc1C(CBr)(CBr)CCOC(C)C. The van der Waals surface area contributed by atoms with Gasteiger partial charge in [0.15, 0.2) is 0 Å². The van der Waals surface area contributed by atoms with E-state index in [2.05, 4.69) is 76.9 Å². The Balaban J connectivity index is 2.89. The summed E-state index contributed by atoms with van der Waals surface area (Å²) in [5.74, 6) is 0. The number of alkyl halides is 2. The van der Waals surface area contributed by atoms with E-state index in [-0.39, 0.29) is 5.41 Å². The van der Waals surface area contributed by atoms with Crippen LogP contribution in [0.1, 0.15) is 31.4 Å².